The highest BCUT2D eigenvalue weighted by Crippen LogP contribution is 2.08. The fraction of sp³-hybridized carbons (Fsp3) is 0.154. The van der Waals surface area contributed by atoms with Gasteiger partial charge in [0.05, 0.1) is 13.1 Å². The molecule has 5 nitrogen and oxygen atoms in total. The van der Waals surface area contributed by atoms with Gasteiger partial charge in [-0.25, -0.2) is 5.43 Å². The van der Waals surface area contributed by atoms with Crippen LogP contribution in [0.2, 0.25) is 0 Å². The van der Waals surface area contributed by atoms with Gasteiger partial charge in [0.25, 0.3) is 0 Å². The van der Waals surface area contributed by atoms with Crippen LogP contribution in [0.15, 0.2) is 18.2 Å². The van der Waals surface area contributed by atoms with Crippen molar-refractivity contribution in [2.45, 2.75) is 0 Å². The molecule has 0 heterocycles. The molecule has 0 atom stereocenters. The zero-order valence-electron chi connectivity index (χ0n) is 9.79. The minimum atomic E-state index is -0.522. The molecule has 18 heavy (non-hydrogen) atoms. The summed E-state index contributed by atoms with van der Waals surface area (Å²) in [5.74, 6) is 15.8. The number of carbonyl (C=O) groups excluding carboxylic acids is 1. The first-order valence-corrected chi connectivity index (χ1v) is 5.23. The van der Waals surface area contributed by atoms with Gasteiger partial charge in [-0.05, 0) is 18.2 Å². The molecule has 0 aliphatic heterocycles. The number of hydrogen-bond acceptors (Lipinski definition) is 4. The second kappa shape index (κ2) is 7.10. The molecule has 0 fully saturated rings. The Labute approximate surface area is 106 Å². The normalized spacial score (nSPS) is 8.78. The topological polar surface area (TPSA) is 107 Å². The van der Waals surface area contributed by atoms with Crippen LogP contribution in [-0.2, 0) is 0 Å². The molecule has 1 rings (SSSR count). The molecule has 92 valence electrons. The number of nitrogens with one attached hydrogen (secondary N) is 1. The zero-order valence-corrected chi connectivity index (χ0v) is 9.79. The third-order valence-corrected chi connectivity index (χ3v) is 1.98. The first-order chi connectivity index (χ1) is 8.67. The fourth-order valence-corrected chi connectivity index (χ4v) is 1.26. The van der Waals surface area contributed by atoms with Crippen molar-refractivity contribution in [1.82, 2.24) is 5.43 Å². The molecule has 0 aliphatic carbocycles. The second-order valence-corrected chi connectivity index (χ2v) is 3.35. The molecule has 5 heteroatoms. The number of carbonyl (C=O) groups is 1. The quantitative estimate of drug-likeness (QED) is 0.300. The molecule has 0 saturated carbocycles. The lowest BCUT2D eigenvalue weighted by Crippen LogP contribution is -2.21. The van der Waals surface area contributed by atoms with E-state index >= 15 is 0 Å². The van der Waals surface area contributed by atoms with Crippen molar-refractivity contribution < 1.29 is 4.79 Å². The smallest absolute Gasteiger partial charge is 0.248 e. The number of rotatable bonds is 2. The zero-order chi connectivity index (χ0) is 13.4. The summed E-state index contributed by atoms with van der Waals surface area (Å²) in [6.07, 6.45) is 0. The van der Waals surface area contributed by atoms with E-state index in [1.54, 1.807) is 18.2 Å². The first kappa shape index (κ1) is 13.8. The Morgan fingerprint density at radius 2 is 1.78 bits per heavy atom. The van der Waals surface area contributed by atoms with Gasteiger partial charge in [-0.3, -0.25) is 10.6 Å². The Kier molecular flexibility index (Phi) is 5.43. The van der Waals surface area contributed by atoms with Gasteiger partial charge in [0.15, 0.2) is 0 Å². The second-order valence-electron chi connectivity index (χ2n) is 3.35. The average molecular weight is 242 g/mol. The maximum atomic E-state index is 11.2. The van der Waals surface area contributed by atoms with E-state index in [1.165, 1.54) is 0 Å². The predicted molar refractivity (Wildman–Crippen MR) is 70.0 cm³/mol. The van der Waals surface area contributed by atoms with Gasteiger partial charge in [-0.1, -0.05) is 23.7 Å². The monoisotopic (exact) mass is 242 g/mol. The van der Waals surface area contributed by atoms with E-state index in [0.29, 0.717) is 23.2 Å². The summed E-state index contributed by atoms with van der Waals surface area (Å²) < 4.78 is 0. The van der Waals surface area contributed by atoms with Crippen molar-refractivity contribution in [1.29, 1.82) is 0 Å². The molecule has 0 aromatic heterocycles. The third-order valence-electron chi connectivity index (χ3n) is 1.98. The van der Waals surface area contributed by atoms with Gasteiger partial charge < -0.3 is 11.5 Å². The number of hydrogen-bond donors (Lipinski definition) is 4. The standard InChI is InChI=1S/C13H14N4O/c14-5-1-3-10-7-11(4-2-6-17-16)9-12(8-10)13(15)18/h7-9,17H,5-6,14,16H2,(H2,15,18). The van der Waals surface area contributed by atoms with Gasteiger partial charge in [0.1, 0.15) is 0 Å². The number of nitrogens with two attached hydrogens (primary N) is 3. The van der Waals surface area contributed by atoms with Gasteiger partial charge >= 0.3 is 0 Å². The van der Waals surface area contributed by atoms with E-state index in [4.69, 9.17) is 17.3 Å². The van der Waals surface area contributed by atoms with E-state index < -0.39 is 5.91 Å². The summed E-state index contributed by atoms with van der Waals surface area (Å²) in [7, 11) is 0. The van der Waals surface area contributed by atoms with Crippen molar-refractivity contribution in [3.8, 4) is 23.7 Å². The Morgan fingerprint density at radius 3 is 2.28 bits per heavy atom. The first-order valence-electron chi connectivity index (χ1n) is 5.23. The highest BCUT2D eigenvalue weighted by molar-refractivity contribution is 5.93. The Balaban J connectivity index is 3.15. The summed E-state index contributed by atoms with van der Waals surface area (Å²) >= 11 is 0. The van der Waals surface area contributed by atoms with E-state index in [0.717, 1.165) is 0 Å². The summed E-state index contributed by atoms with van der Waals surface area (Å²) in [6, 6.07) is 4.98. The molecular formula is C13H14N4O. The van der Waals surface area contributed by atoms with Crippen LogP contribution in [0.1, 0.15) is 21.5 Å². The van der Waals surface area contributed by atoms with E-state index in [9.17, 15) is 4.79 Å². The lowest BCUT2D eigenvalue weighted by atomic mass is 10.1. The Bertz CT molecular complexity index is 558. The maximum absolute atomic E-state index is 11.2. The minimum absolute atomic E-state index is 0.249. The molecule has 1 aromatic rings. The van der Waals surface area contributed by atoms with Crippen molar-refractivity contribution in [2.24, 2.45) is 17.3 Å². The lowest BCUT2D eigenvalue weighted by molar-refractivity contribution is 0.1000. The average Bonchev–Trinajstić information content (AvgIpc) is 2.36. The minimum Gasteiger partial charge on any atom is -0.366 e. The van der Waals surface area contributed by atoms with Crippen molar-refractivity contribution in [3.63, 3.8) is 0 Å². The number of benzene rings is 1. The predicted octanol–water partition coefficient (Wildman–Crippen LogP) is -1.09. The number of hydrazine groups is 1. The van der Waals surface area contributed by atoms with Gasteiger partial charge in [-0.15, -0.1) is 0 Å². The summed E-state index contributed by atoms with van der Waals surface area (Å²) in [5.41, 5.74) is 14.6. The number of primary amides is 1. The Morgan fingerprint density at radius 1 is 1.17 bits per heavy atom. The SMILES string of the molecule is NCC#Cc1cc(C#CCNN)cc(C(N)=O)c1. The van der Waals surface area contributed by atoms with Gasteiger partial charge in [0.2, 0.25) is 5.91 Å². The molecular weight excluding hydrogens is 228 g/mol. The molecule has 0 unspecified atom stereocenters. The lowest BCUT2D eigenvalue weighted by Gasteiger charge is -1.99. The van der Waals surface area contributed by atoms with Crippen LogP contribution in [0.4, 0.5) is 0 Å². The summed E-state index contributed by atoms with van der Waals surface area (Å²) in [6.45, 7) is 0.601. The molecule has 1 aromatic carbocycles. The van der Waals surface area contributed by atoms with Gasteiger partial charge in [-0.2, -0.15) is 0 Å². The molecule has 0 saturated heterocycles. The van der Waals surface area contributed by atoms with Crippen molar-refractivity contribution in [2.75, 3.05) is 13.1 Å². The van der Waals surface area contributed by atoms with Crippen LogP contribution < -0.4 is 22.7 Å². The highest BCUT2D eigenvalue weighted by Gasteiger charge is 2.03. The Hall–Kier alpha value is -2.31. The maximum Gasteiger partial charge on any atom is 0.248 e. The van der Waals surface area contributed by atoms with Crippen LogP contribution in [-0.4, -0.2) is 19.0 Å². The summed E-state index contributed by atoms with van der Waals surface area (Å²) in [5, 5.41) is 0. The highest BCUT2D eigenvalue weighted by atomic mass is 16.1. The molecule has 1 amide bonds. The van der Waals surface area contributed by atoms with E-state index in [-0.39, 0.29) is 6.54 Å². The van der Waals surface area contributed by atoms with Crippen LogP contribution >= 0.6 is 0 Å². The molecule has 0 spiro atoms. The van der Waals surface area contributed by atoms with Crippen molar-refractivity contribution in [3.05, 3.63) is 34.9 Å². The third kappa shape index (κ3) is 4.28. The van der Waals surface area contributed by atoms with Crippen molar-refractivity contribution >= 4 is 5.91 Å². The van der Waals surface area contributed by atoms with Crippen LogP contribution in [0.25, 0.3) is 0 Å². The fourth-order valence-electron chi connectivity index (χ4n) is 1.26. The molecule has 0 aliphatic rings. The summed E-state index contributed by atoms with van der Waals surface area (Å²) in [4.78, 5) is 11.2. The van der Waals surface area contributed by atoms with Crippen LogP contribution in [0, 0.1) is 23.7 Å². The largest absolute Gasteiger partial charge is 0.366 e. The molecule has 7 N–H and O–H groups in total. The number of amides is 1. The van der Waals surface area contributed by atoms with Gasteiger partial charge in [0, 0.05) is 16.7 Å². The van der Waals surface area contributed by atoms with Crippen LogP contribution in [0.3, 0.4) is 0 Å². The molecule has 0 radical (unpaired) electrons. The molecule has 0 bridgehead atoms. The van der Waals surface area contributed by atoms with E-state index in [2.05, 4.69) is 29.1 Å². The van der Waals surface area contributed by atoms with Crippen LogP contribution in [0.5, 0.6) is 0 Å². The van der Waals surface area contributed by atoms with E-state index in [1.807, 2.05) is 0 Å².